The molecule has 31 heavy (non-hydrogen) atoms. The van der Waals surface area contributed by atoms with Gasteiger partial charge in [-0.05, 0) is 36.4 Å². The lowest BCUT2D eigenvalue weighted by Gasteiger charge is -2.11. The van der Waals surface area contributed by atoms with E-state index in [1.807, 2.05) is 0 Å². The van der Waals surface area contributed by atoms with Gasteiger partial charge in [0.2, 0.25) is 5.95 Å². The van der Waals surface area contributed by atoms with E-state index in [2.05, 4.69) is 14.7 Å². The Balaban J connectivity index is 1.75. The van der Waals surface area contributed by atoms with Gasteiger partial charge in [-0.25, -0.2) is 18.1 Å². The number of nitrogens with zero attached hydrogens (tertiary/aromatic N) is 3. The molecule has 0 aliphatic heterocycles. The summed E-state index contributed by atoms with van der Waals surface area (Å²) >= 11 is 6.25. The number of methoxy groups -OCH3 is 1. The molecule has 8 nitrogen and oxygen atoms in total. The van der Waals surface area contributed by atoms with Crippen molar-refractivity contribution in [3.05, 3.63) is 76.2 Å². The third-order valence-electron chi connectivity index (χ3n) is 4.71. The summed E-state index contributed by atoms with van der Waals surface area (Å²) in [5, 5.41) is 1.01. The van der Waals surface area contributed by atoms with E-state index in [0.717, 1.165) is 0 Å². The van der Waals surface area contributed by atoms with Crippen LogP contribution in [0.4, 0.5) is 5.95 Å². The molecule has 0 saturated heterocycles. The summed E-state index contributed by atoms with van der Waals surface area (Å²) in [6, 6.07) is 14.6. The van der Waals surface area contributed by atoms with E-state index in [4.69, 9.17) is 16.3 Å². The maximum absolute atomic E-state index is 12.9. The van der Waals surface area contributed by atoms with Gasteiger partial charge in [-0.2, -0.15) is 4.98 Å². The number of fused-ring (bicyclic) bond motifs is 1. The van der Waals surface area contributed by atoms with Crippen LogP contribution in [0.3, 0.4) is 0 Å². The molecule has 0 atom stereocenters. The monoisotopic (exact) mass is 456 g/mol. The van der Waals surface area contributed by atoms with E-state index in [1.54, 1.807) is 37.4 Å². The Morgan fingerprint density at radius 1 is 1.06 bits per heavy atom. The second-order valence-corrected chi connectivity index (χ2v) is 8.75. The number of hydrogen-bond donors (Lipinski definition) is 1. The summed E-state index contributed by atoms with van der Waals surface area (Å²) in [6.07, 6.45) is 1.45. The fourth-order valence-corrected chi connectivity index (χ4v) is 4.29. The lowest BCUT2D eigenvalue weighted by atomic mass is 10.1. The highest BCUT2D eigenvalue weighted by Gasteiger charge is 2.18. The van der Waals surface area contributed by atoms with E-state index in [0.29, 0.717) is 27.3 Å². The van der Waals surface area contributed by atoms with Gasteiger partial charge in [-0.15, -0.1) is 0 Å². The van der Waals surface area contributed by atoms with Crippen LogP contribution in [-0.4, -0.2) is 30.1 Å². The number of benzene rings is 2. The van der Waals surface area contributed by atoms with Gasteiger partial charge in [0.15, 0.2) is 0 Å². The molecule has 4 aromatic rings. The first-order valence-corrected chi connectivity index (χ1v) is 10.9. The molecule has 0 bridgehead atoms. The summed E-state index contributed by atoms with van der Waals surface area (Å²) in [6.45, 7) is 0. The Labute approximate surface area is 183 Å². The Bertz CT molecular complexity index is 1450. The molecule has 0 amide bonds. The molecule has 4 rings (SSSR count). The second kappa shape index (κ2) is 8.01. The van der Waals surface area contributed by atoms with Crippen molar-refractivity contribution < 1.29 is 13.2 Å². The maximum atomic E-state index is 12.9. The molecule has 0 saturated carbocycles. The van der Waals surface area contributed by atoms with Crippen LogP contribution in [0.2, 0.25) is 5.02 Å². The number of sulfonamides is 1. The van der Waals surface area contributed by atoms with Crippen molar-refractivity contribution in [1.29, 1.82) is 0 Å². The molecule has 0 spiro atoms. The van der Waals surface area contributed by atoms with Gasteiger partial charge in [0.05, 0.1) is 12.0 Å². The molecule has 0 fully saturated rings. The van der Waals surface area contributed by atoms with Crippen molar-refractivity contribution in [2.75, 3.05) is 11.8 Å². The third kappa shape index (κ3) is 3.97. The Hall–Kier alpha value is -3.43. The Morgan fingerprint density at radius 2 is 1.77 bits per heavy atom. The van der Waals surface area contributed by atoms with Crippen molar-refractivity contribution in [2.45, 2.75) is 4.90 Å². The first-order chi connectivity index (χ1) is 14.8. The average Bonchev–Trinajstić information content (AvgIpc) is 2.77. The molecule has 0 radical (unpaired) electrons. The number of hydrogen-bond acceptors (Lipinski definition) is 6. The molecule has 158 valence electrons. The van der Waals surface area contributed by atoms with E-state index in [1.165, 1.54) is 42.1 Å². The second-order valence-electron chi connectivity index (χ2n) is 6.66. The van der Waals surface area contributed by atoms with Crippen molar-refractivity contribution in [1.82, 2.24) is 14.5 Å². The standard InChI is InChI=1S/C21H17ClN4O4S/c1-26-19-13(11-17(20(26)27)16-5-3-4-6-18(16)22)12-23-21(24-19)25-31(28,29)15-9-7-14(30-2)8-10-15/h3-12H,1-2H3,(H,23,24,25). The molecule has 0 unspecified atom stereocenters. The Morgan fingerprint density at radius 3 is 2.45 bits per heavy atom. The quantitative estimate of drug-likeness (QED) is 0.493. The number of anilines is 1. The van der Waals surface area contributed by atoms with Crippen molar-refractivity contribution in [3.63, 3.8) is 0 Å². The summed E-state index contributed by atoms with van der Waals surface area (Å²) < 4.78 is 34.0. The topological polar surface area (TPSA) is 103 Å². The molecule has 0 aliphatic carbocycles. The summed E-state index contributed by atoms with van der Waals surface area (Å²) in [7, 11) is -0.875. The molecular weight excluding hydrogens is 440 g/mol. The molecule has 2 aromatic heterocycles. The zero-order chi connectivity index (χ0) is 22.2. The number of rotatable bonds is 5. The van der Waals surface area contributed by atoms with Gasteiger partial charge in [-0.1, -0.05) is 29.8 Å². The minimum atomic E-state index is -3.92. The van der Waals surface area contributed by atoms with Gasteiger partial charge in [0.1, 0.15) is 11.4 Å². The van der Waals surface area contributed by atoms with E-state index >= 15 is 0 Å². The predicted molar refractivity (Wildman–Crippen MR) is 119 cm³/mol. The molecule has 1 N–H and O–H groups in total. The summed E-state index contributed by atoms with van der Waals surface area (Å²) in [5.41, 5.74) is 0.957. The zero-order valence-electron chi connectivity index (χ0n) is 16.5. The SMILES string of the molecule is COc1ccc(S(=O)(=O)Nc2ncc3cc(-c4ccccc4Cl)c(=O)n(C)c3n2)cc1. The van der Waals surface area contributed by atoms with Crippen molar-refractivity contribution in [3.8, 4) is 16.9 Å². The van der Waals surface area contributed by atoms with Gasteiger partial charge in [0.25, 0.3) is 15.6 Å². The average molecular weight is 457 g/mol. The summed E-state index contributed by atoms with van der Waals surface area (Å²) in [5.74, 6) is 0.383. The fourth-order valence-electron chi connectivity index (χ4n) is 3.10. The van der Waals surface area contributed by atoms with Crippen LogP contribution in [0.15, 0.2) is 70.5 Å². The van der Waals surface area contributed by atoms with Gasteiger partial charge < -0.3 is 4.74 Å². The number of aromatic nitrogens is 3. The van der Waals surface area contributed by atoms with Crippen LogP contribution < -0.4 is 15.0 Å². The molecule has 2 heterocycles. The van der Waals surface area contributed by atoms with E-state index in [9.17, 15) is 13.2 Å². The van der Waals surface area contributed by atoms with Crippen LogP contribution in [0.5, 0.6) is 5.75 Å². The number of nitrogens with one attached hydrogen (secondary N) is 1. The largest absolute Gasteiger partial charge is 0.497 e. The molecule has 10 heteroatoms. The number of pyridine rings is 1. The predicted octanol–water partition coefficient (Wildman–Crippen LogP) is 3.46. The fraction of sp³-hybridized carbons (Fsp3) is 0.0952. The van der Waals surface area contributed by atoms with Crippen molar-refractivity contribution in [2.24, 2.45) is 7.05 Å². The zero-order valence-corrected chi connectivity index (χ0v) is 18.1. The minimum Gasteiger partial charge on any atom is -0.497 e. The maximum Gasteiger partial charge on any atom is 0.264 e. The van der Waals surface area contributed by atoms with Gasteiger partial charge >= 0.3 is 0 Å². The third-order valence-corrected chi connectivity index (χ3v) is 6.38. The highest BCUT2D eigenvalue weighted by Crippen LogP contribution is 2.27. The lowest BCUT2D eigenvalue weighted by molar-refractivity contribution is 0.414. The lowest BCUT2D eigenvalue weighted by Crippen LogP contribution is -2.21. The van der Waals surface area contributed by atoms with E-state index < -0.39 is 10.0 Å². The van der Waals surface area contributed by atoms with Crippen LogP contribution in [0.25, 0.3) is 22.2 Å². The minimum absolute atomic E-state index is 0.0277. The van der Waals surface area contributed by atoms with Crippen LogP contribution >= 0.6 is 11.6 Å². The number of ether oxygens (including phenoxy) is 1. The van der Waals surface area contributed by atoms with Crippen LogP contribution in [0.1, 0.15) is 0 Å². The smallest absolute Gasteiger partial charge is 0.264 e. The summed E-state index contributed by atoms with van der Waals surface area (Å²) in [4.78, 5) is 21.3. The van der Waals surface area contributed by atoms with Gasteiger partial charge in [0, 0.05) is 34.8 Å². The first-order valence-electron chi connectivity index (χ1n) is 9.09. The number of aryl methyl sites for hydroxylation is 1. The molecule has 2 aromatic carbocycles. The normalized spacial score (nSPS) is 11.5. The number of halogens is 1. The highest BCUT2D eigenvalue weighted by atomic mass is 35.5. The van der Waals surface area contributed by atoms with Crippen LogP contribution in [-0.2, 0) is 17.1 Å². The highest BCUT2D eigenvalue weighted by molar-refractivity contribution is 7.92. The first kappa shape index (κ1) is 20.8. The Kier molecular flexibility index (Phi) is 5.38. The van der Waals surface area contributed by atoms with E-state index in [-0.39, 0.29) is 22.1 Å². The molecular formula is C21H17ClN4O4S. The molecule has 0 aliphatic rings. The van der Waals surface area contributed by atoms with Gasteiger partial charge in [-0.3, -0.25) is 9.36 Å². The van der Waals surface area contributed by atoms with Crippen molar-refractivity contribution >= 4 is 38.6 Å². The van der Waals surface area contributed by atoms with Crippen LogP contribution in [0, 0.1) is 0 Å².